The molecule has 1 heterocycles. The molecule has 0 aromatic heterocycles. The summed E-state index contributed by atoms with van der Waals surface area (Å²) in [7, 11) is 3.81. The molecule has 2 rings (SSSR count). The number of rotatable bonds is 6. The number of hydrogen-bond donors (Lipinski definition) is 1. The molecule has 116 valence electrons. The topological polar surface area (TPSA) is 41.6 Å². The van der Waals surface area contributed by atoms with Crippen LogP contribution in [0.25, 0.3) is 0 Å². The maximum Gasteiger partial charge on any atom is 0.220 e. The van der Waals surface area contributed by atoms with E-state index in [1.54, 1.807) is 7.11 Å². The van der Waals surface area contributed by atoms with Crippen LogP contribution in [0.3, 0.4) is 0 Å². The van der Waals surface area contributed by atoms with Gasteiger partial charge in [-0.25, -0.2) is 0 Å². The Morgan fingerprint density at radius 2 is 2.14 bits per heavy atom. The van der Waals surface area contributed by atoms with Gasteiger partial charge in [-0.3, -0.25) is 4.79 Å². The van der Waals surface area contributed by atoms with Gasteiger partial charge in [-0.05, 0) is 63.0 Å². The molecule has 1 N–H and O–H groups in total. The van der Waals surface area contributed by atoms with Crippen LogP contribution in [0.4, 0.5) is 0 Å². The number of nitrogens with zero attached hydrogens (tertiary/aromatic N) is 1. The zero-order valence-corrected chi connectivity index (χ0v) is 13.1. The van der Waals surface area contributed by atoms with Crippen LogP contribution >= 0.6 is 0 Å². The zero-order valence-electron chi connectivity index (χ0n) is 13.1. The summed E-state index contributed by atoms with van der Waals surface area (Å²) in [4.78, 5) is 14.3. The molecule has 1 fully saturated rings. The normalized spacial score (nSPS) is 16.7. The highest BCUT2D eigenvalue weighted by Crippen LogP contribution is 2.19. The van der Waals surface area contributed by atoms with Gasteiger partial charge < -0.3 is 15.0 Å². The first kappa shape index (κ1) is 15.8. The van der Waals surface area contributed by atoms with E-state index >= 15 is 0 Å². The Kier molecular flexibility index (Phi) is 6.05. The second kappa shape index (κ2) is 8.03. The molecule has 21 heavy (non-hydrogen) atoms. The van der Waals surface area contributed by atoms with E-state index in [-0.39, 0.29) is 5.91 Å². The first-order valence-corrected chi connectivity index (χ1v) is 7.75. The number of benzene rings is 1. The SMILES string of the molecule is COc1cccc(CCNC(=O)CC2CCN(C)CC2)c1. The Balaban J connectivity index is 1.67. The molecule has 0 radical (unpaired) electrons. The number of likely N-dealkylation sites (tertiary alicyclic amines) is 1. The van der Waals surface area contributed by atoms with Gasteiger partial charge in [0.15, 0.2) is 0 Å². The lowest BCUT2D eigenvalue weighted by molar-refractivity contribution is -0.122. The molecule has 0 atom stereocenters. The van der Waals surface area contributed by atoms with Crippen molar-refractivity contribution < 1.29 is 9.53 Å². The first-order valence-electron chi connectivity index (χ1n) is 7.75. The number of nitrogens with one attached hydrogen (secondary N) is 1. The zero-order chi connectivity index (χ0) is 15.1. The van der Waals surface area contributed by atoms with Crippen LogP contribution in [-0.4, -0.2) is 44.6 Å². The molecule has 4 heteroatoms. The lowest BCUT2D eigenvalue weighted by Crippen LogP contribution is -2.34. The first-order chi connectivity index (χ1) is 10.2. The molecule has 4 nitrogen and oxygen atoms in total. The third kappa shape index (κ3) is 5.38. The van der Waals surface area contributed by atoms with Crippen LogP contribution in [0.2, 0.25) is 0 Å². The highest BCUT2D eigenvalue weighted by molar-refractivity contribution is 5.76. The Morgan fingerprint density at radius 3 is 2.86 bits per heavy atom. The van der Waals surface area contributed by atoms with Gasteiger partial charge in [0, 0.05) is 13.0 Å². The van der Waals surface area contributed by atoms with Crippen molar-refractivity contribution in [2.75, 3.05) is 33.8 Å². The van der Waals surface area contributed by atoms with Gasteiger partial charge in [0.2, 0.25) is 5.91 Å². The number of methoxy groups -OCH3 is 1. The molecule has 0 spiro atoms. The molecule has 1 aliphatic rings. The van der Waals surface area contributed by atoms with E-state index < -0.39 is 0 Å². The fraction of sp³-hybridized carbons (Fsp3) is 0.588. The maximum atomic E-state index is 12.0. The number of amides is 1. The molecule has 0 bridgehead atoms. The average molecular weight is 290 g/mol. The summed E-state index contributed by atoms with van der Waals surface area (Å²) < 4.78 is 5.20. The van der Waals surface area contributed by atoms with E-state index in [2.05, 4.69) is 23.3 Å². The second-order valence-corrected chi connectivity index (χ2v) is 5.90. The minimum Gasteiger partial charge on any atom is -0.497 e. The molecule has 1 amide bonds. The van der Waals surface area contributed by atoms with E-state index in [9.17, 15) is 4.79 Å². The second-order valence-electron chi connectivity index (χ2n) is 5.90. The smallest absolute Gasteiger partial charge is 0.220 e. The Hall–Kier alpha value is -1.55. The van der Waals surface area contributed by atoms with Crippen molar-refractivity contribution in [1.29, 1.82) is 0 Å². The summed E-state index contributed by atoms with van der Waals surface area (Å²) >= 11 is 0. The van der Waals surface area contributed by atoms with Crippen LogP contribution in [0.15, 0.2) is 24.3 Å². The number of carbonyl (C=O) groups excluding carboxylic acids is 1. The highest BCUT2D eigenvalue weighted by Gasteiger charge is 2.19. The molecule has 1 saturated heterocycles. The van der Waals surface area contributed by atoms with Crippen molar-refractivity contribution in [3.8, 4) is 5.75 Å². The van der Waals surface area contributed by atoms with Crippen molar-refractivity contribution in [3.05, 3.63) is 29.8 Å². The predicted octanol–water partition coefficient (Wildman–Crippen LogP) is 2.09. The number of ether oxygens (including phenoxy) is 1. The molecule has 0 unspecified atom stereocenters. The van der Waals surface area contributed by atoms with Crippen molar-refractivity contribution >= 4 is 5.91 Å². The van der Waals surface area contributed by atoms with E-state index in [0.29, 0.717) is 18.9 Å². The third-order valence-corrected chi connectivity index (χ3v) is 4.18. The minimum absolute atomic E-state index is 0.187. The van der Waals surface area contributed by atoms with Crippen LogP contribution in [-0.2, 0) is 11.2 Å². The summed E-state index contributed by atoms with van der Waals surface area (Å²) in [6, 6.07) is 7.99. The fourth-order valence-electron chi connectivity index (χ4n) is 2.77. The summed E-state index contributed by atoms with van der Waals surface area (Å²) in [5.74, 6) is 1.61. The van der Waals surface area contributed by atoms with Crippen molar-refractivity contribution in [1.82, 2.24) is 10.2 Å². The van der Waals surface area contributed by atoms with Gasteiger partial charge in [-0.15, -0.1) is 0 Å². The third-order valence-electron chi connectivity index (χ3n) is 4.18. The predicted molar refractivity (Wildman–Crippen MR) is 84.5 cm³/mol. The lowest BCUT2D eigenvalue weighted by Gasteiger charge is -2.28. The Labute approximate surface area is 127 Å². The van der Waals surface area contributed by atoms with Gasteiger partial charge in [-0.2, -0.15) is 0 Å². The number of hydrogen-bond acceptors (Lipinski definition) is 3. The number of piperidine rings is 1. The van der Waals surface area contributed by atoms with E-state index in [4.69, 9.17) is 4.74 Å². The van der Waals surface area contributed by atoms with Gasteiger partial charge in [0.1, 0.15) is 5.75 Å². The van der Waals surface area contributed by atoms with Crippen LogP contribution < -0.4 is 10.1 Å². The Bertz CT molecular complexity index is 454. The monoisotopic (exact) mass is 290 g/mol. The van der Waals surface area contributed by atoms with Gasteiger partial charge in [-0.1, -0.05) is 12.1 Å². The molecule has 0 aliphatic carbocycles. The fourth-order valence-corrected chi connectivity index (χ4v) is 2.77. The summed E-state index contributed by atoms with van der Waals surface area (Å²) in [6.07, 6.45) is 3.79. The van der Waals surface area contributed by atoms with E-state index in [0.717, 1.165) is 38.1 Å². The van der Waals surface area contributed by atoms with Crippen LogP contribution in [0, 0.1) is 5.92 Å². The largest absolute Gasteiger partial charge is 0.497 e. The lowest BCUT2D eigenvalue weighted by atomic mass is 9.93. The van der Waals surface area contributed by atoms with Gasteiger partial charge in [0.05, 0.1) is 7.11 Å². The average Bonchev–Trinajstić information content (AvgIpc) is 2.50. The van der Waals surface area contributed by atoms with E-state index in [1.165, 1.54) is 5.56 Å². The van der Waals surface area contributed by atoms with Gasteiger partial charge in [0.25, 0.3) is 0 Å². The Morgan fingerprint density at radius 1 is 1.38 bits per heavy atom. The van der Waals surface area contributed by atoms with Gasteiger partial charge >= 0.3 is 0 Å². The van der Waals surface area contributed by atoms with Crippen molar-refractivity contribution in [3.63, 3.8) is 0 Å². The quantitative estimate of drug-likeness (QED) is 0.872. The standard InChI is InChI=1S/C17H26N2O2/c1-19-10-7-15(8-11-19)13-17(20)18-9-6-14-4-3-5-16(12-14)21-2/h3-5,12,15H,6-11,13H2,1-2H3,(H,18,20). The van der Waals surface area contributed by atoms with Crippen LogP contribution in [0.1, 0.15) is 24.8 Å². The van der Waals surface area contributed by atoms with Crippen molar-refractivity contribution in [2.45, 2.75) is 25.7 Å². The summed E-state index contributed by atoms with van der Waals surface area (Å²) in [5, 5.41) is 3.03. The number of carbonyl (C=O) groups is 1. The summed E-state index contributed by atoms with van der Waals surface area (Å²) in [6.45, 7) is 2.92. The van der Waals surface area contributed by atoms with E-state index in [1.807, 2.05) is 18.2 Å². The molecular weight excluding hydrogens is 264 g/mol. The van der Waals surface area contributed by atoms with Crippen molar-refractivity contribution in [2.24, 2.45) is 5.92 Å². The highest BCUT2D eigenvalue weighted by atomic mass is 16.5. The molecule has 1 aliphatic heterocycles. The molecular formula is C17H26N2O2. The molecule has 1 aromatic carbocycles. The summed E-state index contributed by atoms with van der Waals surface area (Å²) in [5.41, 5.74) is 1.19. The maximum absolute atomic E-state index is 12.0. The van der Waals surface area contributed by atoms with Crippen LogP contribution in [0.5, 0.6) is 5.75 Å². The minimum atomic E-state index is 0.187. The molecule has 1 aromatic rings. The molecule has 0 saturated carbocycles.